The number of carbonyl (C=O) groups excluding carboxylic acids is 1. The van der Waals surface area contributed by atoms with Gasteiger partial charge in [-0.05, 0) is 56.7 Å². The highest BCUT2D eigenvalue weighted by Crippen LogP contribution is 2.34. The van der Waals surface area contributed by atoms with Crippen LogP contribution in [0.5, 0.6) is 0 Å². The predicted molar refractivity (Wildman–Crippen MR) is 117 cm³/mol. The number of esters is 1. The number of ether oxygens (including phenoxy) is 1. The molecule has 1 aromatic carbocycles. The van der Waals surface area contributed by atoms with E-state index in [2.05, 4.69) is 30.7 Å². The number of rotatable bonds is 3. The number of hydrogen-bond donors (Lipinski definition) is 0. The molecule has 0 fully saturated rings. The summed E-state index contributed by atoms with van der Waals surface area (Å²) in [5, 5.41) is 4.45. The van der Waals surface area contributed by atoms with Crippen LogP contribution in [0.1, 0.15) is 69.6 Å². The topological polar surface area (TPSA) is 48.5 Å². The van der Waals surface area contributed by atoms with E-state index in [9.17, 15) is 4.79 Å². The maximum atomic E-state index is 12.7. The first kappa shape index (κ1) is 22.4. The van der Waals surface area contributed by atoms with Gasteiger partial charge in [-0.15, -0.1) is 0 Å². The molecule has 1 aromatic heterocycles. The number of nitrogens with zero attached hydrogens (tertiary/aromatic N) is 3. The molecule has 154 valence electrons. The smallest absolute Gasteiger partial charge is 0.315 e. The Morgan fingerprint density at radius 2 is 1.62 bits per heavy atom. The molecule has 2 rings (SSSR count). The number of aromatic nitrogens is 2. The van der Waals surface area contributed by atoms with E-state index >= 15 is 0 Å². The van der Waals surface area contributed by atoms with Crippen LogP contribution in [-0.4, -0.2) is 15.7 Å². The largest absolute Gasteiger partial charge is 0.436 e. The highest BCUT2D eigenvalue weighted by atomic mass is 16.5. The Kier molecular flexibility index (Phi) is 6.08. The predicted octanol–water partition coefficient (Wildman–Crippen LogP) is 5.67. The Balaban J connectivity index is 2.73. The summed E-state index contributed by atoms with van der Waals surface area (Å²) in [6.45, 7) is 23.5. The lowest BCUT2D eigenvalue weighted by Crippen LogP contribution is -2.23. The molecular weight excluding hydrogens is 362 g/mol. The molecule has 0 amide bonds. The van der Waals surface area contributed by atoms with Gasteiger partial charge in [0.15, 0.2) is 5.76 Å². The van der Waals surface area contributed by atoms with Gasteiger partial charge in [-0.1, -0.05) is 45.0 Å². The average Bonchev–Trinajstić information content (AvgIpc) is 2.85. The Morgan fingerprint density at radius 3 is 2.00 bits per heavy atom. The van der Waals surface area contributed by atoms with E-state index in [1.54, 1.807) is 32.5 Å². The van der Waals surface area contributed by atoms with Gasteiger partial charge < -0.3 is 4.74 Å². The van der Waals surface area contributed by atoms with Crippen molar-refractivity contribution in [1.82, 2.24) is 9.78 Å². The standard InChI is InChI=1S/C24H31N3O2/c1-15-16(2)26-27(10)20(15)21(29-22(28)24(6,7)8)19(25-9)17-11-13-18(14-12-17)23(3,4)5/h11-14H,1-8,10H3/b21-19+. The Labute approximate surface area is 174 Å². The minimum absolute atomic E-state index is 0.0117. The van der Waals surface area contributed by atoms with Gasteiger partial charge in [0, 0.05) is 7.05 Å². The lowest BCUT2D eigenvalue weighted by atomic mass is 9.86. The second kappa shape index (κ2) is 7.87. The second-order valence-corrected chi connectivity index (χ2v) is 9.44. The fraction of sp³-hybridized carbons (Fsp3) is 0.458. The van der Waals surface area contributed by atoms with Gasteiger partial charge in [0.1, 0.15) is 0 Å². The van der Waals surface area contributed by atoms with Gasteiger partial charge in [-0.3, -0.25) is 9.48 Å². The van der Waals surface area contributed by atoms with E-state index in [1.807, 2.05) is 38.1 Å². The molecule has 0 bridgehead atoms. The summed E-state index contributed by atoms with van der Waals surface area (Å²) in [5.74, 6) is -0.137. The molecule has 5 nitrogen and oxygen atoms in total. The highest BCUT2D eigenvalue weighted by Gasteiger charge is 2.29. The maximum Gasteiger partial charge on any atom is 0.315 e. The molecule has 0 atom stereocenters. The fourth-order valence-electron chi connectivity index (χ4n) is 2.91. The number of benzene rings is 1. The van der Waals surface area contributed by atoms with Gasteiger partial charge in [0.25, 0.3) is 0 Å². The van der Waals surface area contributed by atoms with Crippen LogP contribution >= 0.6 is 0 Å². The zero-order chi connectivity index (χ0) is 22.1. The van der Waals surface area contributed by atoms with Gasteiger partial charge in [-0.25, -0.2) is 4.85 Å². The molecule has 0 radical (unpaired) electrons. The zero-order valence-electron chi connectivity index (χ0n) is 19.0. The van der Waals surface area contributed by atoms with Crippen molar-refractivity contribution in [3.05, 3.63) is 63.8 Å². The Hall–Kier alpha value is -2.87. The van der Waals surface area contributed by atoms with Crippen LogP contribution in [-0.2, 0) is 22.0 Å². The third-order valence-electron chi connectivity index (χ3n) is 4.89. The van der Waals surface area contributed by atoms with Gasteiger partial charge in [0.2, 0.25) is 5.70 Å². The van der Waals surface area contributed by atoms with Gasteiger partial charge in [-0.2, -0.15) is 5.10 Å². The molecule has 0 aliphatic heterocycles. The summed E-state index contributed by atoms with van der Waals surface area (Å²) in [5.41, 5.74) is 3.86. The molecule has 0 saturated heterocycles. The lowest BCUT2D eigenvalue weighted by Gasteiger charge is -2.21. The zero-order valence-corrected chi connectivity index (χ0v) is 19.0. The first-order valence-electron chi connectivity index (χ1n) is 9.73. The first-order valence-corrected chi connectivity index (χ1v) is 9.73. The van der Waals surface area contributed by atoms with E-state index < -0.39 is 11.4 Å². The molecule has 5 heteroatoms. The first-order chi connectivity index (χ1) is 13.3. The van der Waals surface area contributed by atoms with Gasteiger partial charge >= 0.3 is 5.97 Å². The summed E-state index contributed by atoms with van der Waals surface area (Å²) >= 11 is 0. The van der Waals surface area contributed by atoms with Crippen molar-refractivity contribution in [2.24, 2.45) is 12.5 Å². The van der Waals surface area contributed by atoms with Crippen molar-refractivity contribution in [2.45, 2.75) is 60.8 Å². The van der Waals surface area contributed by atoms with Crippen LogP contribution in [0, 0.1) is 25.8 Å². The molecule has 0 saturated carbocycles. The second-order valence-electron chi connectivity index (χ2n) is 9.44. The van der Waals surface area contributed by atoms with Crippen LogP contribution in [0.25, 0.3) is 16.3 Å². The molecule has 0 unspecified atom stereocenters. The quantitative estimate of drug-likeness (QED) is 0.383. The van der Waals surface area contributed by atoms with Crippen molar-refractivity contribution >= 4 is 17.4 Å². The van der Waals surface area contributed by atoms with Crippen LogP contribution in [0.4, 0.5) is 0 Å². The summed E-state index contributed by atoms with van der Waals surface area (Å²) < 4.78 is 7.52. The number of hydrogen-bond acceptors (Lipinski definition) is 3. The normalized spacial score (nSPS) is 13.0. The minimum atomic E-state index is -0.698. The lowest BCUT2D eigenvalue weighted by molar-refractivity contribution is -0.145. The molecule has 0 aliphatic rings. The fourth-order valence-corrected chi connectivity index (χ4v) is 2.91. The van der Waals surface area contributed by atoms with Crippen LogP contribution in [0.15, 0.2) is 24.3 Å². The van der Waals surface area contributed by atoms with Crippen LogP contribution < -0.4 is 0 Å². The van der Waals surface area contributed by atoms with Gasteiger partial charge in [0.05, 0.1) is 23.4 Å². The van der Waals surface area contributed by atoms with Crippen molar-refractivity contribution in [1.29, 1.82) is 0 Å². The maximum absolute atomic E-state index is 12.7. The third kappa shape index (κ3) is 4.76. The summed E-state index contributed by atoms with van der Waals surface area (Å²) in [7, 11) is 1.80. The number of aryl methyl sites for hydroxylation is 2. The Morgan fingerprint density at radius 1 is 1.07 bits per heavy atom. The van der Waals surface area contributed by atoms with Crippen molar-refractivity contribution < 1.29 is 9.53 Å². The molecule has 1 heterocycles. The van der Waals surface area contributed by atoms with Crippen molar-refractivity contribution in [3.63, 3.8) is 0 Å². The van der Waals surface area contributed by atoms with E-state index in [1.165, 1.54) is 5.56 Å². The van der Waals surface area contributed by atoms with Crippen LogP contribution in [0.3, 0.4) is 0 Å². The van der Waals surface area contributed by atoms with Crippen molar-refractivity contribution in [2.75, 3.05) is 0 Å². The summed E-state index contributed by atoms with van der Waals surface area (Å²) in [6.07, 6.45) is 0. The summed E-state index contributed by atoms with van der Waals surface area (Å²) in [6, 6.07) is 7.87. The average molecular weight is 394 g/mol. The molecule has 2 aromatic rings. The molecule has 0 N–H and O–H groups in total. The van der Waals surface area contributed by atoms with E-state index in [-0.39, 0.29) is 11.2 Å². The SMILES string of the molecule is [C-]#[N+]/C(=C(/OC(=O)C(C)(C)C)c1c(C)c(C)nn1C)c1ccc(C(C)(C)C)cc1. The Bertz CT molecular complexity index is 989. The van der Waals surface area contributed by atoms with E-state index in [0.717, 1.165) is 11.3 Å². The van der Waals surface area contributed by atoms with Crippen molar-refractivity contribution in [3.8, 4) is 0 Å². The summed E-state index contributed by atoms with van der Waals surface area (Å²) in [4.78, 5) is 16.5. The molecule has 0 aliphatic carbocycles. The van der Waals surface area contributed by atoms with E-state index in [4.69, 9.17) is 11.3 Å². The molecular formula is C24H31N3O2. The van der Waals surface area contributed by atoms with Crippen LogP contribution in [0.2, 0.25) is 0 Å². The highest BCUT2D eigenvalue weighted by molar-refractivity contribution is 5.95. The molecule has 29 heavy (non-hydrogen) atoms. The minimum Gasteiger partial charge on any atom is -0.436 e. The monoisotopic (exact) mass is 393 g/mol. The van der Waals surface area contributed by atoms with E-state index in [0.29, 0.717) is 17.0 Å². The molecule has 0 spiro atoms. The number of carbonyl (C=O) groups is 1. The third-order valence-corrected chi connectivity index (χ3v) is 4.89.